The molecule has 0 spiro atoms. The first kappa shape index (κ1) is 11.6. The van der Waals surface area contributed by atoms with Crippen molar-refractivity contribution in [2.45, 2.75) is 25.8 Å². The Kier molecular flexibility index (Phi) is 4.42. The molecule has 1 aromatic heterocycles. The lowest BCUT2D eigenvalue weighted by Crippen LogP contribution is -2.12. The van der Waals surface area contributed by atoms with E-state index in [-0.39, 0.29) is 24.8 Å². The minimum atomic E-state index is 0. The van der Waals surface area contributed by atoms with Gasteiger partial charge in [0, 0.05) is 13.0 Å². The van der Waals surface area contributed by atoms with Crippen molar-refractivity contribution in [3.63, 3.8) is 0 Å². The SMILES string of the molecule is Cl.Cl.Nc1cnc2n1CCCC2. The van der Waals surface area contributed by atoms with Gasteiger partial charge in [-0.3, -0.25) is 0 Å². The van der Waals surface area contributed by atoms with Crippen LogP contribution >= 0.6 is 24.8 Å². The standard InChI is InChI=1S/C7H11N3.2ClH/c8-6-5-9-7-3-1-2-4-10(6)7;;/h5H,1-4,8H2;2*1H. The molecule has 12 heavy (non-hydrogen) atoms. The molecule has 0 unspecified atom stereocenters. The van der Waals surface area contributed by atoms with Crippen LogP contribution in [0, 0.1) is 0 Å². The van der Waals surface area contributed by atoms with E-state index < -0.39 is 0 Å². The van der Waals surface area contributed by atoms with Crippen LogP contribution in [0.5, 0.6) is 0 Å². The molecule has 1 aromatic rings. The number of hydrogen-bond acceptors (Lipinski definition) is 2. The quantitative estimate of drug-likeness (QED) is 0.707. The number of nitrogens with two attached hydrogens (primary N) is 1. The molecule has 70 valence electrons. The number of imidazole rings is 1. The molecule has 0 amide bonds. The van der Waals surface area contributed by atoms with Gasteiger partial charge < -0.3 is 10.3 Å². The van der Waals surface area contributed by atoms with Crippen LogP contribution in [0.25, 0.3) is 0 Å². The van der Waals surface area contributed by atoms with Crippen molar-refractivity contribution in [1.82, 2.24) is 9.55 Å². The van der Waals surface area contributed by atoms with Crippen LogP contribution in [-0.2, 0) is 13.0 Å². The third kappa shape index (κ3) is 1.84. The zero-order valence-corrected chi connectivity index (χ0v) is 8.33. The molecule has 2 heterocycles. The van der Waals surface area contributed by atoms with Gasteiger partial charge in [0.05, 0.1) is 6.20 Å². The lowest BCUT2D eigenvalue weighted by molar-refractivity contribution is 0.527. The molecule has 0 atom stereocenters. The number of rotatable bonds is 0. The van der Waals surface area contributed by atoms with Gasteiger partial charge in [-0.2, -0.15) is 0 Å². The van der Waals surface area contributed by atoms with Crippen LogP contribution < -0.4 is 5.73 Å². The number of halogens is 2. The van der Waals surface area contributed by atoms with Gasteiger partial charge in [0.1, 0.15) is 11.6 Å². The summed E-state index contributed by atoms with van der Waals surface area (Å²) in [5.74, 6) is 1.97. The highest BCUT2D eigenvalue weighted by molar-refractivity contribution is 5.85. The fourth-order valence-corrected chi connectivity index (χ4v) is 1.44. The fraction of sp³-hybridized carbons (Fsp3) is 0.571. The van der Waals surface area contributed by atoms with E-state index in [1.165, 1.54) is 12.8 Å². The molecule has 2 rings (SSSR count). The monoisotopic (exact) mass is 209 g/mol. The Morgan fingerprint density at radius 1 is 1.33 bits per heavy atom. The topological polar surface area (TPSA) is 43.8 Å². The summed E-state index contributed by atoms with van der Waals surface area (Å²) in [4.78, 5) is 4.19. The first-order valence-corrected chi connectivity index (χ1v) is 3.68. The maximum absolute atomic E-state index is 5.66. The Morgan fingerprint density at radius 2 is 2.08 bits per heavy atom. The van der Waals surface area contributed by atoms with Crippen LogP contribution in [0.4, 0.5) is 5.82 Å². The van der Waals surface area contributed by atoms with Crippen molar-refractivity contribution in [3.8, 4) is 0 Å². The van der Waals surface area contributed by atoms with E-state index in [4.69, 9.17) is 5.73 Å². The number of nitrogen functional groups attached to an aromatic ring is 1. The predicted molar refractivity (Wildman–Crippen MR) is 54.1 cm³/mol. The molecule has 5 heteroatoms. The summed E-state index contributed by atoms with van der Waals surface area (Å²) in [6, 6.07) is 0. The van der Waals surface area contributed by atoms with Gasteiger partial charge >= 0.3 is 0 Å². The van der Waals surface area contributed by atoms with E-state index >= 15 is 0 Å². The summed E-state index contributed by atoms with van der Waals surface area (Å²) in [5, 5.41) is 0. The number of anilines is 1. The minimum Gasteiger partial charge on any atom is -0.384 e. The Bertz CT molecular complexity index is 247. The molecule has 0 aromatic carbocycles. The molecule has 1 aliphatic rings. The van der Waals surface area contributed by atoms with Gasteiger partial charge in [-0.05, 0) is 12.8 Å². The summed E-state index contributed by atoms with van der Waals surface area (Å²) >= 11 is 0. The van der Waals surface area contributed by atoms with Gasteiger partial charge in [0.25, 0.3) is 0 Å². The van der Waals surface area contributed by atoms with Crippen molar-refractivity contribution >= 4 is 30.6 Å². The lowest BCUT2D eigenvalue weighted by Gasteiger charge is -2.13. The van der Waals surface area contributed by atoms with E-state index in [1.807, 2.05) is 0 Å². The zero-order valence-electron chi connectivity index (χ0n) is 6.69. The van der Waals surface area contributed by atoms with Crippen LogP contribution in [0.15, 0.2) is 6.20 Å². The second kappa shape index (κ2) is 4.58. The smallest absolute Gasteiger partial charge is 0.123 e. The molecule has 0 bridgehead atoms. The Hall–Kier alpha value is -0.410. The minimum absolute atomic E-state index is 0. The molecule has 0 fully saturated rings. The largest absolute Gasteiger partial charge is 0.384 e. The highest BCUT2D eigenvalue weighted by Gasteiger charge is 2.10. The van der Waals surface area contributed by atoms with E-state index in [1.54, 1.807) is 6.20 Å². The van der Waals surface area contributed by atoms with Gasteiger partial charge in [-0.25, -0.2) is 4.98 Å². The molecular formula is C7H13Cl2N3. The van der Waals surface area contributed by atoms with Crippen LogP contribution in [0.2, 0.25) is 0 Å². The first-order valence-electron chi connectivity index (χ1n) is 3.68. The molecule has 1 aliphatic heterocycles. The zero-order chi connectivity index (χ0) is 6.97. The predicted octanol–water partition coefficient (Wildman–Crippen LogP) is 1.65. The number of aromatic nitrogens is 2. The average molecular weight is 210 g/mol. The van der Waals surface area contributed by atoms with Crippen LogP contribution in [0.3, 0.4) is 0 Å². The number of hydrogen-bond donors (Lipinski definition) is 1. The molecule has 0 aliphatic carbocycles. The summed E-state index contributed by atoms with van der Waals surface area (Å²) in [7, 11) is 0. The molecule has 3 nitrogen and oxygen atoms in total. The van der Waals surface area contributed by atoms with Crippen molar-refractivity contribution in [1.29, 1.82) is 0 Å². The van der Waals surface area contributed by atoms with Gasteiger partial charge in [0.15, 0.2) is 0 Å². The van der Waals surface area contributed by atoms with Crippen molar-refractivity contribution < 1.29 is 0 Å². The highest BCUT2D eigenvalue weighted by atomic mass is 35.5. The van der Waals surface area contributed by atoms with Crippen molar-refractivity contribution in [3.05, 3.63) is 12.0 Å². The van der Waals surface area contributed by atoms with Gasteiger partial charge in [-0.1, -0.05) is 0 Å². The summed E-state index contributed by atoms with van der Waals surface area (Å²) in [6.07, 6.45) is 5.35. The third-order valence-corrected chi connectivity index (χ3v) is 2.00. The van der Waals surface area contributed by atoms with Gasteiger partial charge in [-0.15, -0.1) is 24.8 Å². The number of nitrogens with zero attached hydrogens (tertiary/aromatic N) is 2. The van der Waals surface area contributed by atoms with Crippen molar-refractivity contribution in [2.75, 3.05) is 5.73 Å². The van der Waals surface area contributed by atoms with Crippen LogP contribution in [-0.4, -0.2) is 9.55 Å². The molecule has 0 radical (unpaired) electrons. The first-order chi connectivity index (χ1) is 4.88. The van der Waals surface area contributed by atoms with E-state index in [0.29, 0.717) is 0 Å². The number of aryl methyl sites for hydroxylation is 1. The fourth-order valence-electron chi connectivity index (χ4n) is 1.44. The Balaban J connectivity index is 0.000000605. The Labute approximate surface area is 84.2 Å². The third-order valence-electron chi connectivity index (χ3n) is 2.00. The molecule has 0 saturated heterocycles. The second-order valence-corrected chi connectivity index (χ2v) is 2.71. The molecular weight excluding hydrogens is 197 g/mol. The molecule has 2 N–H and O–H groups in total. The lowest BCUT2D eigenvalue weighted by atomic mass is 10.2. The summed E-state index contributed by atoms with van der Waals surface area (Å²) in [6.45, 7) is 1.06. The maximum Gasteiger partial charge on any atom is 0.123 e. The summed E-state index contributed by atoms with van der Waals surface area (Å²) in [5.41, 5.74) is 5.66. The average Bonchev–Trinajstić information content (AvgIpc) is 2.34. The normalized spacial score (nSPS) is 14.0. The van der Waals surface area contributed by atoms with Crippen molar-refractivity contribution in [2.24, 2.45) is 0 Å². The van der Waals surface area contributed by atoms with E-state index in [2.05, 4.69) is 9.55 Å². The van der Waals surface area contributed by atoms with Gasteiger partial charge in [0.2, 0.25) is 0 Å². The Morgan fingerprint density at radius 3 is 2.75 bits per heavy atom. The van der Waals surface area contributed by atoms with E-state index in [9.17, 15) is 0 Å². The number of fused-ring (bicyclic) bond motifs is 1. The second-order valence-electron chi connectivity index (χ2n) is 2.71. The molecule has 0 saturated carbocycles. The van der Waals surface area contributed by atoms with E-state index in [0.717, 1.165) is 24.6 Å². The highest BCUT2D eigenvalue weighted by Crippen LogP contribution is 2.16. The summed E-state index contributed by atoms with van der Waals surface area (Å²) < 4.78 is 2.10. The van der Waals surface area contributed by atoms with Crippen LogP contribution in [0.1, 0.15) is 18.7 Å². The maximum atomic E-state index is 5.66.